The molecule has 1 heterocycles. The molecule has 0 bridgehead atoms. The highest BCUT2D eigenvalue weighted by Crippen LogP contribution is 2.18. The Balaban J connectivity index is 1.81. The molecule has 0 aliphatic rings. The molecule has 0 saturated heterocycles. The second-order valence-corrected chi connectivity index (χ2v) is 5.96. The van der Waals surface area contributed by atoms with Crippen LogP contribution in [0.1, 0.15) is 11.3 Å². The number of pyridine rings is 1. The molecule has 0 amide bonds. The van der Waals surface area contributed by atoms with E-state index >= 15 is 0 Å². The van der Waals surface area contributed by atoms with Gasteiger partial charge in [-0.3, -0.25) is 4.98 Å². The van der Waals surface area contributed by atoms with Crippen LogP contribution in [-0.2, 0) is 13.0 Å². The second kappa shape index (κ2) is 10.3. The van der Waals surface area contributed by atoms with E-state index in [1.54, 1.807) is 6.20 Å². The summed E-state index contributed by atoms with van der Waals surface area (Å²) in [7, 11) is 4.05. The molecule has 0 saturated carbocycles. The van der Waals surface area contributed by atoms with Crippen LogP contribution < -0.4 is 15.8 Å². The monoisotopic (exact) mass is 341 g/mol. The lowest BCUT2D eigenvalue weighted by molar-refractivity contribution is 0.259. The number of nitrogens with zero attached hydrogens (tertiary/aromatic N) is 3. The summed E-state index contributed by atoms with van der Waals surface area (Å²) < 4.78 is 5.84. The molecule has 0 spiro atoms. The highest BCUT2D eigenvalue weighted by atomic mass is 16.5. The Hall–Kier alpha value is -2.60. The predicted molar refractivity (Wildman–Crippen MR) is 102 cm³/mol. The molecular weight excluding hydrogens is 314 g/mol. The summed E-state index contributed by atoms with van der Waals surface area (Å²) in [4.78, 5) is 10.8. The van der Waals surface area contributed by atoms with Crippen LogP contribution >= 0.6 is 0 Å². The average molecular weight is 341 g/mol. The summed E-state index contributed by atoms with van der Waals surface area (Å²) in [5, 5.41) is 3.12. The summed E-state index contributed by atoms with van der Waals surface area (Å²) >= 11 is 0. The fourth-order valence-electron chi connectivity index (χ4n) is 2.20. The second-order valence-electron chi connectivity index (χ2n) is 5.96. The number of rotatable bonds is 9. The molecule has 0 fully saturated rings. The largest absolute Gasteiger partial charge is 0.492 e. The van der Waals surface area contributed by atoms with Crippen LogP contribution in [0.15, 0.2) is 53.7 Å². The molecular formula is C19H27N5O. The van der Waals surface area contributed by atoms with Crippen LogP contribution in [0.25, 0.3) is 0 Å². The Kier molecular flexibility index (Phi) is 7.72. The maximum Gasteiger partial charge on any atom is 0.188 e. The molecule has 25 heavy (non-hydrogen) atoms. The van der Waals surface area contributed by atoms with Gasteiger partial charge in [0.25, 0.3) is 0 Å². The topological polar surface area (TPSA) is 75.8 Å². The van der Waals surface area contributed by atoms with Gasteiger partial charge in [-0.2, -0.15) is 0 Å². The van der Waals surface area contributed by atoms with Crippen molar-refractivity contribution in [2.75, 3.05) is 33.8 Å². The van der Waals surface area contributed by atoms with Gasteiger partial charge in [0.1, 0.15) is 12.4 Å². The lowest BCUT2D eigenvalue weighted by Crippen LogP contribution is -2.33. The van der Waals surface area contributed by atoms with Crippen molar-refractivity contribution in [1.82, 2.24) is 15.2 Å². The summed E-state index contributed by atoms with van der Waals surface area (Å²) in [6, 6.07) is 13.8. The van der Waals surface area contributed by atoms with Crippen LogP contribution in [0.2, 0.25) is 0 Å². The van der Waals surface area contributed by atoms with Crippen LogP contribution in [0.3, 0.4) is 0 Å². The Morgan fingerprint density at radius 2 is 2.00 bits per heavy atom. The van der Waals surface area contributed by atoms with Crippen molar-refractivity contribution in [2.24, 2.45) is 10.7 Å². The third-order valence-electron chi connectivity index (χ3n) is 3.60. The molecule has 3 N–H and O–H groups in total. The minimum Gasteiger partial charge on any atom is -0.492 e. The summed E-state index contributed by atoms with van der Waals surface area (Å²) in [6.45, 7) is 2.70. The number of likely N-dealkylation sites (N-methyl/N-ethyl adjacent to an activating group) is 1. The molecule has 0 aliphatic carbocycles. The Bertz CT molecular complexity index is 658. The predicted octanol–water partition coefficient (Wildman–Crippen LogP) is 1.67. The summed E-state index contributed by atoms with van der Waals surface area (Å²) in [5.74, 6) is 1.29. The standard InChI is InChI=1S/C19H27N5O/c1-24(2)13-14-25-18-9-4-3-7-16(18)15-23-19(20)22-12-10-17-8-5-6-11-21-17/h3-9,11H,10,12-15H2,1-2H3,(H3,20,22,23). The number of hydrogen-bond donors (Lipinski definition) is 2. The van der Waals surface area contributed by atoms with Gasteiger partial charge in [0.15, 0.2) is 5.96 Å². The molecule has 1 aromatic carbocycles. The molecule has 0 atom stereocenters. The lowest BCUT2D eigenvalue weighted by Gasteiger charge is -2.13. The van der Waals surface area contributed by atoms with E-state index in [4.69, 9.17) is 10.5 Å². The van der Waals surface area contributed by atoms with E-state index in [-0.39, 0.29) is 0 Å². The van der Waals surface area contributed by atoms with Crippen molar-refractivity contribution in [3.8, 4) is 5.75 Å². The van der Waals surface area contributed by atoms with Gasteiger partial charge in [-0.15, -0.1) is 0 Å². The van der Waals surface area contributed by atoms with Gasteiger partial charge in [0.2, 0.25) is 0 Å². The van der Waals surface area contributed by atoms with Gasteiger partial charge >= 0.3 is 0 Å². The quantitative estimate of drug-likeness (QED) is 0.536. The molecule has 134 valence electrons. The first-order valence-corrected chi connectivity index (χ1v) is 8.44. The first-order chi connectivity index (χ1) is 12.1. The van der Waals surface area contributed by atoms with Gasteiger partial charge in [-0.25, -0.2) is 4.99 Å². The smallest absolute Gasteiger partial charge is 0.188 e. The van der Waals surface area contributed by atoms with Gasteiger partial charge in [-0.05, 0) is 32.3 Å². The number of aliphatic imine (C=N–C) groups is 1. The normalized spacial score (nSPS) is 11.6. The minimum atomic E-state index is 0.430. The third-order valence-corrected chi connectivity index (χ3v) is 3.60. The van der Waals surface area contributed by atoms with E-state index in [0.717, 1.165) is 30.0 Å². The number of ether oxygens (including phenoxy) is 1. The molecule has 1 aromatic heterocycles. The van der Waals surface area contributed by atoms with Gasteiger partial charge in [-0.1, -0.05) is 24.3 Å². The van der Waals surface area contributed by atoms with Crippen molar-refractivity contribution in [3.63, 3.8) is 0 Å². The van der Waals surface area contributed by atoms with Gasteiger partial charge in [0.05, 0.1) is 6.54 Å². The Labute approximate surface area is 149 Å². The number of nitrogens with one attached hydrogen (secondary N) is 1. The molecule has 2 rings (SSSR count). The van der Waals surface area contributed by atoms with E-state index in [9.17, 15) is 0 Å². The van der Waals surface area contributed by atoms with Crippen molar-refractivity contribution in [3.05, 3.63) is 59.9 Å². The molecule has 0 unspecified atom stereocenters. The number of hydrogen-bond acceptors (Lipinski definition) is 4. The van der Waals surface area contributed by atoms with Crippen molar-refractivity contribution in [2.45, 2.75) is 13.0 Å². The van der Waals surface area contributed by atoms with Gasteiger partial charge in [0, 0.05) is 37.0 Å². The maximum absolute atomic E-state index is 5.95. The fourth-order valence-corrected chi connectivity index (χ4v) is 2.20. The highest BCUT2D eigenvalue weighted by Gasteiger charge is 2.03. The number of para-hydroxylation sites is 1. The van der Waals surface area contributed by atoms with Crippen LogP contribution in [0.4, 0.5) is 0 Å². The van der Waals surface area contributed by atoms with Crippen molar-refractivity contribution in [1.29, 1.82) is 0 Å². The van der Waals surface area contributed by atoms with E-state index in [1.807, 2.05) is 56.6 Å². The average Bonchev–Trinajstić information content (AvgIpc) is 2.61. The number of aromatic nitrogens is 1. The first-order valence-electron chi connectivity index (χ1n) is 8.44. The Morgan fingerprint density at radius 3 is 2.76 bits per heavy atom. The molecule has 0 radical (unpaired) electrons. The zero-order chi connectivity index (χ0) is 17.9. The van der Waals surface area contributed by atoms with Crippen LogP contribution in [0.5, 0.6) is 5.75 Å². The number of nitrogens with two attached hydrogens (primary N) is 1. The van der Waals surface area contributed by atoms with E-state index in [1.165, 1.54) is 0 Å². The molecule has 0 aliphatic heterocycles. The third kappa shape index (κ3) is 7.22. The molecule has 6 nitrogen and oxygen atoms in total. The van der Waals surface area contributed by atoms with Crippen molar-refractivity contribution >= 4 is 5.96 Å². The van der Waals surface area contributed by atoms with Crippen molar-refractivity contribution < 1.29 is 4.74 Å². The maximum atomic E-state index is 5.95. The summed E-state index contributed by atoms with van der Waals surface area (Å²) in [5.41, 5.74) is 8.00. The summed E-state index contributed by atoms with van der Waals surface area (Å²) in [6.07, 6.45) is 2.60. The van der Waals surface area contributed by atoms with Crippen LogP contribution in [-0.4, -0.2) is 49.6 Å². The van der Waals surface area contributed by atoms with E-state index in [0.29, 0.717) is 25.7 Å². The fraction of sp³-hybridized carbons (Fsp3) is 0.368. The number of benzene rings is 1. The van der Waals surface area contributed by atoms with E-state index in [2.05, 4.69) is 20.2 Å². The number of guanidine groups is 1. The highest BCUT2D eigenvalue weighted by molar-refractivity contribution is 5.77. The first kappa shape index (κ1) is 18.7. The zero-order valence-corrected chi connectivity index (χ0v) is 15.0. The van der Waals surface area contributed by atoms with E-state index < -0.39 is 0 Å². The molecule has 2 aromatic rings. The van der Waals surface area contributed by atoms with Crippen LogP contribution in [0, 0.1) is 0 Å². The Morgan fingerprint density at radius 1 is 1.20 bits per heavy atom. The molecule has 6 heteroatoms. The minimum absolute atomic E-state index is 0.430. The zero-order valence-electron chi connectivity index (χ0n) is 15.0. The SMILES string of the molecule is CN(C)CCOc1ccccc1CN=C(N)NCCc1ccccn1. The van der Waals surface area contributed by atoms with Gasteiger partial charge < -0.3 is 20.7 Å². The lowest BCUT2D eigenvalue weighted by atomic mass is 10.2.